The van der Waals surface area contributed by atoms with E-state index in [9.17, 15) is 19.2 Å². The topological polar surface area (TPSA) is 134 Å². The van der Waals surface area contributed by atoms with Gasteiger partial charge >= 0.3 is 12.1 Å². The fraction of sp³-hybridized carbons (Fsp3) is 0.588. The summed E-state index contributed by atoms with van der Waals surface area (Å²) in [5.41, 5.74) is 0.936. The van der Waals surface area contributed by atoms with Gasteiger partial charge in [-0.3, -0.25) is 14.4 Å². The zero-order valence-electron chi connectivity index (χ0n) is 27.3. The standard InChI is InChI=1S/C34H46N6O6/c1-5-7-11-18-46-34(44)39-16-14-38(15-17-39)32(42)29(22(3)4)37-31(41)26-19-27(36-30(35-26)23-12-9-8-10-13-23)40-20-24-25(21-40)28(24)33(43)45-6-2/h8-10,12-13,19,22,24-25,28-29H,5-7,11,14-18,20-21H2,1-4H3,(H,37,41)/t24-,25+,28-,29-/m0/s1. The molecule has 1 aromatic carbocycles. The van der Waals surface area contributed by atoms with E-state index in [1.807, 2.05) is 51.1 Å². The second kappa shape index (κ2) is 14.9. The first kappa shape index (κ1) is 33.2. The summed E-state index contributed by atoms with van der Waals surface area (Å²) in [5, 5.41) is 2.95. The third kappa shape index (κ3) is 7.59. The Balaban J connectivity index is 1.26. The molecule has 1 aliphatic carbocycles. The van der Waals surface area contributed by atoms with Crippen LogP contribution in [-0.2, 0) is 19.1 Å². The van der Waals surface area contributed by atoms with Gasteiger partial charge in [-0.05, 0) is 31.1 Å². The van der Waals surface area contributed by atoms with Crippen LogP contribution in [0.5, 0.6) is 0 Å². The second-order valence-corrected chi connectivity index (χ2v) is 12.6. The van der Waals surface area contributed by atoms with E-state index in [1.165, 1.54) is 0 Å². The van der Waals surface area contributed by atoms with Crippen LogP contribution in [0, 0.1) is 23.7 Å². The van der Waals surface area contributed by atoms with Crippen LogP contribution in [0.4, 0.5) is 10.6 Å². The van der Waals surface area contributed by atoms with Gasteiger partial charge < -0.3 is 29.5 Å². The number of piperazine rings is 1. The molecule has 12 heteroatoms. The molecule has 4 atom stereocenters. The molecule has 248 valence electrons. The number of carbonyl (C=O) groups is 4. The van der Waals surface area contributed by atoms with Gasteiger partial charge in [0.25, 0.3) is 5.91 Å². The van der Waals surface area contributed by atoms with Crippen molar-refractivity contribution in [3.05, 3.63) is 42.1 Å². The largest absolute Gasteiger partial charge is 0.466 e. The van der Waals surface area contributed by atoms with Gasteiger partial charge in [-0.1, -0.05) is 63.9 Å². The number of amides is 3. The van der Waals surface area contributed by atoms with Crippen LogP contribution in [-0.4, -0.2) is 102 Å². The van der Waals surface area contributed by atoms with Gasteiger partial charge in [0.1, 0.15) is 17.6 Å². The molecule has 0 spiro atoms. The van der Waals surface area contributed by atoms with Crippen LogP contribution in [0.15, 0.2) is 36.4 Å². The summed E-state index contributed by atoms with van der Waals surface area (Å²) in [6.07, 6.45) is 2.55. The molecule has 2 aliphatic heterocycles. The summed E-state index contributed by atoms with van der Waals surface area (Å²) in [6.45, 7) is 11.2. The zero-order chi connectivity index (χ0) is 32.8. The predicted molar refractivity (Wildman–Crippen MR) is 172 cm³/mol. The number of rotatable bonds is 12. The minimum absolute atomic E-state index is 0.0782. The highest BCUT2D eigenvalue weighted by molar-refractivity contribution is 5.97. The highest BCUT2D eigenvalue weighted by Gasteiger charge is 2.60. The van der Waals surface area contributed by atoms with Crippen molar-refractivity contribution < 1.29 is 28.7 Å². The quantitative estimate of drug-likeness (QED) is 0.275. The summed E-state index contributed by atoms with van der Waals surface area (Å²) in [6, 6.07) is 10.3. The molecule has 12 nitrogen and oxygen atoms in total. The van der Waals surface area contributed by atoms with Gasteiger partial charge in [0.15, 0.2) is 5.82 Å². The maximum Gasteiger partial charge on any atom is 0.409 e. The van der Waals surface area contributed by atoms with Crippen LogP contribution in [0.25, 0.3) is 11.4 Å². The van der Waals surface area contributed by atoms with E-state index in [0.717, 1.165) is 24.8 Å². The molecule has 3 amide bonds. The van der Waals surface area contributed by atoms with Crippen LogP contribution >= 0.6 is 0 Å². The molecule has 2 saturated heterocycles. The summed E-state index contributed by atoms with van der Waals surface area (Å²) < 4.78 is 10.6. The molecule has 0 unspecified atom stereocenters. The molecule has 1 saturated carbocycles. The minimum Gasteiger partial charge on any atom is -0.466 e. The third-order valence-electron chi connectivity index (χ3n) is 9.10. The van der Waals surface area contributed by atoms with Crippen LogP contribution in [0.1, 0.15) is 57.4 Å². The molecule has 3 heterocycles. The highest BCUT2D eigenvalue weighted by atomic mass is 16.6. The Morgan fingerprint density at radius 3 is 2.22 bits per heavy atom. The SMILES string of the molecule is CCCCCOC(=O)N1CCN(C(=O)[C@@H](NC(=O)c2cc(N3C[C@@H]4[C@H](C3)[C@@H]4C(=O)OCC)nc(-c3ccccc3)n2)C(C)C)CC1. The first-order chi connectivity index (χ1) is 22.2. The fourth-order valence-corrected chi connectivity index (χ4v) is 6.37. The lowest BCUT2D eigenvalue weighted by Crippen LogP contribution is -2.57. The van der Waals surface area contributed by atoms with Crippen molar-refractivity contribution in [1.82, 2.24) is 25.1 Å². The van der Waals surface area contributed by atoms with E-state index >= 15 is 0 Å². The second-order valence-electron chi connectivity index (χ2n) is 12.6. The molecule has 46 heavy (non-hydrogen) atoms. The van der Waals surface area contributed by atoms with Crippen LogP contribution < -0.4 is 10.2 Å². The molecule has 2 aromatic rings. The lowest BCUT2D eigenvalue weighted by molar-refractivity contribution is -0.145. The number of nitrogens with one attached hydrogen (secondary N) is 1. The molecule has 5 rings (SSSR count). The summed E-state index contributed by atoms with van der Waals surface area (Å²) in [7, 11) is 0. The van der Waals surface area contributed by atoms with Crippen LogP contribution in [0.2, 0.25) is 0 Å². The molecule has 3 aliphatic rings. The van der Waals surface area contributed by atoms with E-state index in [-0.39, 0.29) is 47.3 Å². The number of ether oxygens (including phenoxy) is 2. The number of aromatic nitrogens is 2. The number of piperidine rings is 1. The average molecular weight is 635 g/mol. The summed E-state index contributed by atoms with van der Waals surface area (Å²) in [4.78, 5) is 67.0. The molecular weight excluding hydrogens is 588 g/mol. The number of fused-ring (bicyclic) bond motifs is 1. The summed E-state index contributed by atoms with van der Waals surface area (Å²) in [5.74, 6) is 0.379. The van der Waals surface area contributed by atoms with E-state index in [1.54, 1.807) is 15.9 Å². The van der Waals surface area contributed by atoms with E-state index in [2.05, 4.69) is 22.1 Å². The van der Waals surface area contributed by atoms with Crippen molar-refractivity contribution in [3.8, 4) is 11.4 Å². The highest BCUT2D eigenvalue weighted by Crippen LogP contribution is 2.53. The first-order valence-corrected chi connectivity index (χ1v) is 16.6. The van der Waals surface area contributed by atoms with Crippen molar-refractivity contribution in [3.63, 3.8) is 0 Å². The number of hydrogen-bond acceptors (Lipinski definition) is 9. The minimum atomic E-state index is -0.775. The van der Waals surface area contributed by atoms with Gasteiger partial charge in [0.05, 0.1) is 19.1 Å². The Labute approximate surface area is 270 Å². The number of nitrogens with zero attached hydrogens (tertiary/aromatic N) is 5. The number of benzene rings is 1. The Morgan fingerprint density at radius 1 is 0.913 bits per heavy atom. The Morgan fingerprint density at radius 2 is 1.59 bits per heavy atom. The molecule has 0 bridgehead atoms. The van der Waals surface area contributed by atoms with Crippen LogP contribution in [0.3, 0.4) is 0 Å². The zero-order valence-corrected chi connectivity index (χ0v) is 27.3. The lowest BCUT2D eigenvalue weighted by atomic mass is 10.0. The van der Waals surface area contributed by atoms with E-state index in [4.69, 9.17) is 14.5 Å². The average Bonchev–Trinajstić information content (AvgIpc) is 3.58. The number of unbranched alkanes of at least 4 members (excludes halogenated alkanes) is 2. The molecule has 3 fully saturated rings. The lowest BCUT2D eigenvalue weighted by Gasteiger charge is -2.36. The predicted octanol–water partition coefficient (Wildman–Crippen LogP) is 3.61. The Bertz CT molecular complexity index is 1380. The summed E-state index contributed by atoms with van der Waals surface area (Å²) >= 11 is 0. The van der Waals surface area contributed by atoms with Gasteiger partial charge in [-0.15, -0.1) is 0 Å². The van der Waals surface area contributed by atoms with Crippen molar-refractivity contribution in [2.75, 3.05) is 57.4 Å². The van der Waals surface area contributed by atoms with Gasteiger partial charge in [0.2, 0.25) is 5.91 Å². The van der Waals surface area contributed by atoms with Gasteiger partial charge in [0, 0.05) is 50.9 Å². The van der Waals surface area contributed by atoms with Crippen molar-refractivity contribution in [2.24, 2.45) is 23.7 Å². The fourth-order valence-electron chi connectivity index (χ4n) is 6.37. The molecule has 0 radical (unpaired) electrons. The molecule has 1 aromatic heterocycles. The third-order valence-corrected chi connectivity index (χ3v) is 9.10. The maximum atomic E-state index is 13.8. The molecular formula is C34H46N6O6. The smallest absolute Gasteiger partial charge is 0.409 e. The van der Waals surface area contributed by atoms with E-state index < -0.39 is 11.9 Å². The Hall–Kier alpha value is -4.22. The van der Waals surface area contributed by atoms with Crippen molar-refractivity contribution in [1.29, 1.82) is 0 Å². The van der Waals surface area contributed by atoms with E-state index in [0.29, 0.717) is 64.1 Å². The maximum absolute atomic E-state index is 13.8. The monoisotopic (exact) mass is 634 g/mol. The molecule has 1 N–H and O–H groups in total. The van der Waals surface area contributed by atoms with Crippen molar-refractivity contribution >= 4 is 29.7 Å². The van der Waals surface area contributed by atoms with Crippen molar-refractivity contribution in [2.45, 2.75) is 53.0 Å². The first-order valence-electron chi connectivity index (χ1n) is 16.6. The van der Waals surface area contributed by atoms with Gasteiger partial charge in [-0.25, -0.2) is 14.8 Å². The number of anilines is 1. The Kier molecular flexibility index (Phi) is 10.7. The van der Waals surface area contributed by atoms with Gasteiger partial charge in [-0.2, -0.15) is 0 Å². The number of esters is 1. The normalized spacial score (nSPS) is 21.1. The number of hydrogen-bond donors (Lipinski definition) is 1. The number of carbonyl (C=O) groups excluding carboxylic acids is 4.